The molecule has 0 bridgehead atoms. The fourth-order valence-electron chi connectivity index (χ4n) is 1.86. The minimum absolute atomic E-state index is 0.138. The molecule has 0 saturated carbocycles. The zero-order valence-corrected chi connectivity index (χ0v) is 10.1. The van der Waals surface area contributed by atoms with Gasteiger partial charge in [0, 0.05) is 18.8 Å². The second kappa shape index (κ2) is 4.83. The van der Waals surface area contributed by atoms with Crippen LogP contribution >= 0.6 is 0 Å². The molecular formula is C12H14N4O2. The van der Waals surface area contributed by atoms with Crippen LogP contribution in [0.2, 0.25) is 0 Å². The molecule has 0 aromatic carbocycles. The lowest BCUT2D eigenvalue weighted by Gasteiger charge is -2.20. The quantitative estimate of drug-likeness (QED) is 0.855. The summed E-state index contributed by atoms with van der Waals surface area (Å²) in [5, 5.41) is 7.18. The van der Waals surface area contributed by atoms with Crippen molar-refractivity contribution < 1.29 is 9.26 Å². The summed E-state index contributed by atoms with van der Waals surface area (Å²) in [6, 6.07) is 5.69. The van der Waals surface area contributed by atoms with Crippen LogP contribution in [-0.4, -0.2) is 34.8 Å². The summed E-state index contributed by atoms with van der Waals surface area (Å²) < 4.78 is 10.8. The average Bonchev–Trinajstić information content (AvgIpc) is 2.89. The monoisotopic (exact) mass is 246 g/mol. The number of hydrogen-bond donors (Lipinski definition) is 1. The predicted molar refractivity (Wildman–Crippen MR) is 63.8 cm³/mol. The molecule has 0 spiro atoms. The van der Waals surface area contributed by atoms with Gasteiger partial charge in [-0.2, -0.15) is 4.98 Å². The number of morpholine rings is 1. The van der Waals surface area contributed by atoms with Gasteiger partial charge < -0.3 is 14.6 Å². The van der Waals surface area contributed by atoms with Crippen LogP contribution in [0.3, 0.4) is 0 Å². The Labute approximate surface area is 104 Å². The summed E-state index contributed by atoms with van der Waals surface area (Å²) in [5.41, 5.74) is 1.61. The van der Waals surface area contributed by atoms with Crippen LogP contribution in [0.1, 0.15) is 17.6 Å². The maximum atomic E-state index is 5.57. The first-order chi connectivity index (χ1) is 8.83. The normalized spacial score (nSPS) is 19.9. The minimum Gasteiger partial charge on any atom is -0.367 e. The Bertz CT molecular complexity index is 534. The molecule has 1 aliphatic rings. The molecule has 0 radical (unpaired) electrons. The summed E-state index contributed by atoms with van der Waals surface area (Å²) in [5.74, 6) is 1.00. The number of pyridine rings is 1. The van der Waals surface area contributed by atoms with Crippen LogP contribution in [0.25, 0.3) is 11.6 Å². The van der Waals surface area contributed by atoms with Crippen LogP contribution in [0.4, 0.5) is 0 Å². The molecule has 3 rings (SSSR count). The van der Waals surface area contributed by atoms with E-state index in [1.165, 1.54) is 0 Å². The van der Waals surface area contributed by atoms with Gasteiger partial charge in [0.15, 0.2) is 0 Å². The van der Waals surface area contributed by atoms with Crippen molar-refractivity contribution in [3.63, 3.8) is 0 Å². The molecule has 6 heteroatoms. The first-order valence-corrected chi connectivity index (χ1v) is 5.93. The fourth-order valence-corrected chi connectivity index (χ4v) is 1.86. The first-order valence-electron chi connectivity index (χ1n) is 5.93. The number of aromatic nitrogens is 3. The standard InChI is InChI=1S/C12H14N4O2/c1-8-3-2-4-9(14-8)12-15-11(16-18-12)10-7-13-5-6-17-10/h2-4,10,13H,5-7H2,1H3. The van der Waals surface area contributed by atoms with Crippen LogP contribution < -0.4 is 5.32 Å². The first kappa shape index (κ1) is 11.3. The van der Waals surface area contributed by atoms with Crippen molar-refractivity contribution in [2.24, 2.45) is 0 Å². The maximum absolute atomic E-state index is 5.57. The molecule has 2 aromatic heterocycles. The number of nitrogens with zero attached hydrogens (tertiary/aromatic N) is 3. The van der Waals surface area contributed by atoms with E-state index in [9.17, 15) is 0 Å². The Morgan fingerprint density at radius 1 is 1.33 bits per heavy atom. The van der Waals surface area contributed by atoms with Gasteiger partial charge in [-0.05, 0) is 19.1 Å². The highest BCUT2D eigenvalue weighted by molar-refractivity contribution is 5.46. The maximum Gasteiger partial charge on any atom is 0.276 e. The van der Waals surface area contributed by atoms with E-state index in [0.29, 0.717) is 30.6 Å². The van der Waals surface area contributed by atoms with Crippen molar-refractivity contribution in [1.82, 2.24) is 20.4 Å². The lowest BCUT2D eigenvalue weighted by atomic mass is 10.3. The fraction of sp³-hybridized carbons (Fsp3) is 0.417. The molecule has 1 fully saturated rings. The zero-order valence-electron chi connectivity index (χ0n) is 10.1. The van der Waals surface area contributed by atoms with Gasteiger partial charge in [0.2, 0.25) is 5.82 Å². The van der Waals surface area contributed by atoms with E-state index in [-0.39, 0.29) is 6.10 Å². The van der Waals surface area contributed by atoms with Crippen LogP contribution in [0.15, 0.2) is 22.7 Å². The second-order valence-electron chi connectivity index (χ2n) is 4.19. The third-order valence-corrected chi connectivity index (χ3v) is 2.76. The number of nitrogens with one attached hydrogen (secondary N) is 1. The molecule has 1 N–H and O–H groups in total. The number of aryl methyl sites for hydroxylation is 1. The summed E-state index contributed by atoms with van der Waals surface area (Å²) in [6.07, 6.45) is -0.138. The van der Waals surface area contributed by atoms with E-state index in [1.54, 1.807) is 0 Å². The number of hydrogen-bond acceptors (Lipinski definition) is 6. The topological polar surface area (TPSA) is 73.1 Å². The van der Waals surface area contributed by atoms with Gasteiger partial charge in [-0.25, -0.2) is 4.98 Å². The molecule has 1 unspecified atom stereocenters. The molecular weight excluding hydrogens is 232 g/mol. The molecule has 6 nitrogen and oxygen atoms in total. The van der Waals surface area contributed by atoms with Gasteiger partial charge in [0.25, 0.3) is 5.89 Å². The average molecular weight is 246 g/mol. The van der Waals surface area contributed by atoms with Gasteiger partial charge in [0.1, 0.15) is 11.8 Å². The van der Waals surface area contributed by atoms with Crippen molar-refractivity contribution >= 4 is 0 Å². The molecule has 3 heterocycles. The summed E-state index contributed by atoms with van der Waals surface area (Å²) in [6.45, 7) is 4.16. The van der Waals surface area contributed by atoms with E-state index < -0.39 is 0 Å². The van der Waals surface area contributed by atoms with Gasteiger partial charge in [-0.15, -0.1) is 0 Å². The molecule has 94 valence electrons. The van der Waals surface area contributed by atoms with Crippen molar-refractivity contribution in [2.75, 3.05) is 19.7 Å². The zero-order chi connectivity index (χ0) is 12.4. The highest BCUT2D eigenvalue weighted by atomic mass is 16.5. The van der Waals surface area contributed by atoms with Crippen molar-refractivity contribution in [1.29, 1.82) is 0 Å². The van der Waals surface area contributed by atoms with E-state index in [1.807, 2.05) is 25.1 Å². The molecule has 18 heavy (non-hydrogen) atoms. The predicted octanol–water partition coefficient (Wildman–Crippen LogP) is 1.10. The Hall–Kier alpha value is -1.79. The van der Waals surface area contributed by atoms with Gasteiger partial charge in [0.05, 0.1) is 6.61 Å². The van der Waals surface area contributed by atoms with E-state index in [0.717, 1.165) is 12.2 Å². The van der Waals surface area contributed by atoms with Gasteiger partial charge in [-0.1, -0.05) is 11.2 Å². The Kier molecular flexibility index (Phi) is 3.04. The van der Waals surface area contributed by atoms with E-state index in [2.05, 4.69) is 20.4 Å². The second-order valence-corrected chi connectivity index (χ2v) is 4.19. The smallest absolute Gasteiger partial charge is 0.276 e. The third-order valence-electron chi connectivity index (χ3n) is 2.76. The van der Waals surface area contributed by atoms with Crippen LogP contribution in [-0.2, 0) is 4.74 Å². The molecule has 1 atom stereocenters. The SMILES string of the molecule is Cc1cccc(-c2nc(C3CNCCO3)no2)n1. The lowest BCUT2D eigenvalue weighted by Crippen LogP contribution is -2.33. The highest BCUT2D eigenvalue weighted by Gasteiger charge is 2.22. The van der Waals surface area contributed by atoms with Gasteiger partial charge in [-0.3, -0.25) is 0 Å². The molecule has 1 aliphatic heterocycles. The largest absolute Gasteiger partial charge is 0.367 e. The Morgan fingerprint density at radius 3 is 3.06 bits per heavy atom. The lowest BCUT2D eigenvalue weighted by molar-refractivity contribution is 0.0208. The minimum atomic E-state index is -0.138. The van der Waals surface area contributed by atoms with E-state index >= 15 is 0 Å². The van der Waals surface area contributed by atoms with Crippen molar-refractivity contribution in [3.05, 3.63) is 29.7 Å². The molecule has 0 aliphatic carbocycles. The Morgan fingerprint density at radius 2 is 2.28 bits per heavy atom. The van der Waals surface area contributed by atoms with E-state index in [4.69, 9.17) is 9.26 Å². The number of ether oxygens (including phenoxy) is 1. The Balaban J connectivity index is 1.84. The summed E-state index contributed by atoms with van der Waals surface area (Å²) in [4.78, 5) is 8.69. The highest BCUT2D eigenvalue weighted by Crippen LogP contribution is 2.20. The summed E-state index contributed by atoms with van der Waals surface area (Å²) in [7, 11) is 0. The molecule has 0 amide bonds. The molecule has 2 aromatic rings. The summed E-state index contributed by atoms with van der Waals surface area (Å²) >= 11 is 0. The molecule has 1 saturated heterocycles. The number of rotatable bonds is 2. The van der Waals surface area contributed by atoms with Crippen LogP contribution in [0.5, 0.6) is 0 Å². The van der Waals surface area contributed by atoms with Crippen molar-refractivity contribution in [2.45, 2.75) is 13.0 Å². The third kappa shape index (κ3) is 2.25. The van der Waals surface area contributed by atoms with Crippen LogP contribution in [0, 0.1) is 6.92 Å². The van der Waals surface area contributed by atoms with Gasteiger partial charge >= 0.3 is 0 Å². The van der Waals surface area contributed by atoms with Crippen molar-refractivity contribution in [3.8, 4) is 11.6 Å².